The van der Waals surface area contributed by atoms with E-state index in [2.05, 4.69) is 20.6 Å². The Morgan fingerprint density at radius 1 is 1.28 bits per heavy atom. The number of nitrogens with zero attached hydrogens (tertiary/aromatic N) is 1. The monoisotopic (exact) mass is 424 g/mol. The lowest BCUT2D eigenvalue weighted by atomic mass is 10.1. The molecule has 0 saturated heterocycles. The summed E-state index contributed by atoms with van der Waals surface area (Å²) in [6.45, 7) is 2.02. The van der Waals surface area contributed by atoms with E-state index in [9.17, 15) is 4.79 Å². The van der Waals surface area contributed by atoms with Gasteiger partial charge in [0.25, 0.3) is 0 Å². The van der Waals surface area contributed by atoms with Gasteiger partial charge in [0.2, 0.25) is 0 Å². The molecule has 0 saturated carbocycles. The number of thiocarbonyl (C=S) groups is 1. The highest BCUT2D eigenvalue weighted by molar-refractivity contribution is 7.80. The summed E-state index contributed by atoms with van der Waals surface area (Å²) in [7, 11) is 1.37. The first-order chi connectivity index (χ1) is 14.0. The smallest absolute Gasteiger partial charge is 0.328 e. The van der Waals surface area contributed by atoms with E-state index in [0.717, 1.165) is 32.2 Å². The normalized spacial score (nSPS) is 12.1. The molecule has 0 unspecified atom stereocenters. The quantitative estimate of drug-likeness (QED) is 0.330. The van der Waals surface area contributed by atoms with Gasteiger partial charge in [-0.3, -0.25) is 0 Å². The fourth-order valence-electron chi connectivity index (χ4n) is 3.29. The molecule has 29 heavy (non-hydrogen) atoms. The van der Waals surface area contributed by atoms with Gasteiger partial charge in [0.1, 0.15) is 6.04 Å². The second-order valence-electron chi connectivity index (χ2n) is 6.68. The predicted octanol–water partition coefficient (Wildman–Crippen LogP) is 4.16. The van der Waals surface area contributed by atoms with Crippen LogP contribution in [0.15, 0.2) is 48.7 Å². The summed E-state index contributed by atoms with van der Waals surface area (Å²) in [5.41, 5.74) is 4.10. The molecule has 4 rings (SSSR count). The molecule has 1 atom stereocenters. The van der Waals surface area contributed by atoms with Crippen molar-refractivity contribution in [1.82, 2.24) is 15.3 Å². The number of para-hydroxylation sites is 2. The van der Waals surface area contributed by atoms with Crippen molar-refractivity contribution in [3.63, 3.8) is 0 Å². The lowest BCUT2D eigenvalue weighted by molar-refractivity contribution is -0.142. The number of aromatic amines is 1. The van der Waals surface area contributed by atoms with Crippen molar-refractivity contribution in [2.24, 2.45) is 0 Å². The van der Waals surface area contributed by atoms with E-state index in [0.29, 0.717) is 16.7 Å². The van der Waals surface area contributed by atoms with Gasteiger partial charge in [-0.2, -0.15) is 0 Å². The SMILES string of the molecule is COC(=O)[C@H](Cc1c[nH]c2ccccc12)NC(=S)Nc1nc2c(C)cccc2s1. The fraction of sp³-hybridized carbons (Fsp3) is 0.190. The number of ether oxygens (including phenoxy) is 1. The number of methoxy groups -OCH3 is 1. The molecule has 3 N–H and O–H groups in total. The van der Waals surface area contributed by atoms with Gasteiger partial charge in [-0.15, -0.1) is 0 Å². The lowest BCUT2D eigenvalue weighted by Crippen LogP contribution is -2.44. The van der Waals surface area contributed by atoms with E-state index in [1.165, 1.54) is 18.4 Å². The zero-order valence-corrected chi connectivity index (χ0v) is 17.6. The molecule has 0 aliphatic rings. The molecule has 0 fully saturated rings. The van der Waals surface area contributed by atoms with Crippen LogP contribution in [0.2, 0.25) is 0 Å². The van der Waals surface area contributed by atoms with Crippen molar-refractivity contribution in [2.45, 2.75) is 19.4 Å². The number of thiazole rings is 1. The molecule has 2 heterocycles. The number of esters is 1. The Balaban J connectivity index is 1.50. The van der Waals surface area contributed by atoms with Gasteiger partial charge >= 0.3 is 5.97 Å². The van der Waals surface area contributed by atoms with Gasteiger partial charge in [-0.05, 0) is 42.4 Å². The van der Waals surface area contributed by atoms with Crippen LogP contribution < -0.4 is 10.6 Å². The van der Waals surface area contributed by atoms with Gasteiger partial charge in [-0.1, -0.05) is 41.7 Å². The van der Waals surface area contributed by atoms with Gasteiger partial charge in [0, 0.05) is 23.5 Å². The topological polar surface area (TPSA) is 79.0 Å². The van der Waals surface area contributed by atoms with Crippen LogP contribution in [0.4, 0.5) is 5.13 Å². The van der Waals surface area contributed by atoms with Gasteiger partial charge < -0.3 is 20.4 Å². The van der Waals surface area contributed by atoms with Crippen LogP contribution >= 0.6 is 23.6 Å². The highest BCUT2D eigenvalue weighted by atomic mass is 32.1. The third-order valence-electron chi connectivity index (χ3n) is 4.73. The number of anilines is 1. The van der Waals surface area contributed by atoms with Crippen LogP contribution in [-0.2, 0) is 16.0 Å². The first-order valence-corrected chi connectivity index (χ1v) is 10.3. The number of hydrogen-bond acceptors (Lipinski definition) is 5. The second-order valence-corrected chi connectivity index (χ2v) is 8.12. The van der Waals surface area contributed by atoms with Gasteiger partial charge in [-0.25, -0.2) is 9.78 Å². The van der Waals surface area contributed by atoms with E-state index in [4.69, 9.17) is 17.0 Å². The number of rotatable bonds is 5. The Kier molecular flexibility index (Phi) is 5.46. The number of H-pyrrole nitrogens is 1. The summed E-state index contributed by atoms with van der Waals surface area (Å²) in [6, 6.07) is 13.4. The average molecular weight is 425 g/mol. The van der Waals surface area contributed by atoms with Crippen molar-refractivity contribution in [3.8, 4) is 0 Å². The number of nitrogens with one attached hydrogen (secondary N) is 3. The molecule has 0 spiro atoms. The number of carbonyl (C=O) groups excluding carboxylic acids is 1. The molecule has 0 aliphatic carbocycles. The van der Waals surface area contributed by atoms with E-state index in [1.807, 2.05) is 55.6 Å². The maximum Gasteiger partial charge on any atom is 0.328 e. The molecule has 0 radical (unpaired) electrons. The Hall–Kier alpha value is -2.97. The summed E-state index contributed by atoms with van der Waals surface area (Å²) in [4.78, 5) is 20.2. The highest BCUT2D eigenvalue weighted by Gasteiger charge is 2.22. The van der Waals surface area contributed by atoms with E-state index in [1.54, 1.807) is 0 Å². The third kappa shape index (κ3) is 4.08. The average Bonchev–Trinajstić information content (AvgIpc) is 3.31. The zero-order valence-electron chi connectivity index (χ0n) is 16.0. The third-order valence-corrected chi connectivity index (χ3v) is 5.89. The van der Waals surface area contributed by atoms with Crippen LogP contribution in [0.5, 0.6) is 0 Å². The zero-order chi connectivity index (χ0) is 20.4. The first-order valence-electron chi connectivity index (χ1n) is 9.11. The largest absolute Gasteiger partial charge is 0.467 e. The summed E-state index contributed by atoms with van der Waals surface area (Å²) >= 11 is 6.95. The van der Waals surface area contributed by atoms with Crippen molar-refractivity contribution < 1.29 is 9.53 Å². The number of fused-ring (bicyclic) bond motifs is 2. The maximum absolute atomic E-state index is 12.4. The Morgan fingerprint density at radius 3 is 2.90 bits per heavy atom. The molecule has 148 valence electrons. The number of hydrogen-bond donors (Lipinski definition) is 3. The summed E-state index contributed by atoms with van der Waals surface area (Å²) < 4.78 is 6.06. The van der Waals surface area contributed by atoms with E-state index >= 15 is 0 Å². The fourth-order valence-corrected chi connectivity index (χ4v) is 4.54. The molecule has 8 heteroatoms. The number of aryl methyl sites for hydroxylation is 1. The molecule has 2 aromatic heterocycles. The minimum atomic E-state index is -0.615. The van der Waals surface area contributed by atoms with E-state index in [-0.39, 0.29) is 5.97 Å². The van der Waals surface area contributed by atoms with Crippen molar-refractivity contribution >= 4 is 60.9 Å². The Morgan fingerprint density at radius 2 is 2.10 bits per heavy atom. The highest BCUT2D eigenvalue weighted by Crippen LogP contribution is 2.28. The van der Waals surface area contributed by atoms with E-state index < -0.39 is 6.04 Å². The number of benzene rings is 2. The first kappa shape index (κ1) is 19.4. The van der Waals surface area contributed by atoms with Gasteiger partial charge in [0.05, 0.1) is 17.3 Å². The van der Waals surface area contributed by atoms with Crippen molar-refractivity contribution in [3.05, 3.63) is 59.8 Å². The number of aromatic nitrogens is 2. The van der Waals surface area contributed by atoms with Crippen molar-refractivity contribution in [1.29, 1.82) is 0 Å². The predicted molar refractivity (Wildman–Crippen MR) is 122 cm³/mol. The van der Waals surface area contributed by atoms with Crippen LogP contribution in [0.3, 0.4) is 0 Å². The van der Waals surface area contributed by atoms with Crippen molar-refractivity contribution in [2.75, 3.05) is 12.4 Å². The molecule has 2 aromatic carbocycles. The molecule has 6 nitrogen and oxygen atoms in total. The molecule has 0 bridgehead atoms. The molecule has 4 aromatic rings. The second kappa shape index (κ2) is 8.18. The summed E-state index contributed by atoms with van der Waals surface area (Å²) in [5.74, 6) is -0.375. The lowest BCUT2D eigenvalue weighted by Gasteiger charge is -2.18. The number of carbonyl (C=O) groups is 1. The molecular formula is C21H20N4O2S2. The van der Waals surface area contributed by atoms with Crippen LogP contribution in [0, 0.1) is 6.92 Å². The minimum absolute atomic E-state index is 0.331. The minimum Gasteiger partial charge on any atom is -0.467 e. The molecule has 0 aliphatic heterocycles. The maximum atomic E-state index is 12.4. The standard InChI is InChI=1S/C21H20N4O2S2/c1-12-6-5-9-17-18(12)24-21(29-17)25-20(28)23-16(19(26)27-2)10-13-11-22-15-8-4-3-7-14(13)15/h3-9,11,16,22H,10H2,1-2H3,(H2,23,24,25,28)/t16-/m0/s1. The van der Waals surface area contributed by atoms with Crippen LogP contribution in [0.1, 0.15) is 11.1 Å². The summed E-state index contributed by atoms with van der Waals surface area (Å²) in [5, 5.41) is 8.26. The van der Waals surface area contributed by atoms with Gasteiger partial charge in [0.15, 0.2) is 10.2 Å². The summed E-state index contributed by atoms with van der Waals surface area (Å²) in [6.07, 6.45) is 2.35. The Labute approximate surface area is 177 Å². The van der Waals surface area contributed by atoms with Crippen LogP contribution in [-0.4, -0.2) is 34.2 Å². The van der Waals surface area contributed by atoms with Crippen LogP contribution in [0.25, 0.3) is 21.1 Å². The molecular weight excluding hydrogens is 404 g/mol. The Bertz CT molecular complexity index is 1200. The molecule has 0 amide bonds.